The molecular formula is C6H10N2O3. The average molecular weight is 158 g/mol. The summed E-state index contributed by atoms with van der Waals surface area (Å²) in [7, 11) is 0. The van der Waals surface area contributed by atoms with E-state index in [9.17, 15) is 4.79 Å². The van der Waals surface area contributed by atoms with Crippen LogP contribution in [0.15, 0.2) is 0 Å². The maximum absolute atomic E-state index is 10.8. The molecule has 2 atom stereocenters. The zero-order chi connectivity index (χ0) is 7.68. The second kappa shape index (κ2) is 2.67. The number of carbonyl (C=O) groups excluding carboxylic acids is 1. The van der Waals surface area contributed by atoms with Crippen LogP contribution in [-0.2, 0) is 9.47 Å². The number of hydrogen-bond acceptors (Lipinski definition) is 3. The zero-order valence-corrected chi connectivity index (χ0v) is 6.00. The van der Waals surface area contributed by atoms with E-state index in [1.54, 1.807) is 0 Å². The molecule has 0 saturated carbocycles. The van der Waals surface area contributed by atoms with Gasteiger partial charge in [0.2, 0.25) is 0 Å². The molecule has 2 rings (SSSR count). The van der Waals surface area contributed by atoms with Crippen molar-refractivity contribution in [3.8, 4) is 0 Å². The van der Waals surface area contributed by atoms with Gasteiger partial charge in [-0.05, 0) is 0 Å². The highest BCUT2D eigenvalue weighted by Gasteiger charge is 2.33. The second-order valence-electron chi connectivity index (χ2n) is 2.69. The van der Waals surface area contributed by atoms with Gasteiger partial charge in [-0.15, -0.1) is 0 Å². The van der Waals surface area contributed by atoms with Gasteiger partial charge < -0.3 is 20.1 Å². The Morgan fingerprint density at radius 1 is 1.18 bits per heavy atom. The normalized spacial score (nSPS) is 36.9. The van der Waals surface area contributed by atoms with Crippen LogP contribution in [0.25, 0.3) is 0 Å². The molecule has 0 aliphatic carbocycles. The number of hydrogen-bond donors (Lipinski definition) is 2. The highest BCUT2D eigenvalue weighted by molar-refractivity contribution is 5.77. The van der Waals surface area contributed by atoms with Crippen molar-refractivity contribution in [2.24, 2.45) is 0 Å². The fourth-order valence-electron chi connectivity index (χ4n) is 1.30. The third kappa shape index (κ3) is 1.29. The Balaban J connectivity index is 2.01. The Morgan fingerprint density at radius 3 is 2.27 bits per heavy atom. The summed E-state index contributed by atoms with van der Waals surface area (Å²) >= 11 is 0. The van der Waals surface area contributed by atoms with E-state index in [4.69, 9.17) is 9.47 Å². The van der Waals surface area contributed by atoms with Gasteiger partial charge in [0.05, 0.1) is 25.3 Å². The minimum Gasteiger partial charge on any atom is -0.353 e. The van der Waals surface area contributed by atoms with Crippen molar-refractivity contribution in [1.29, 1.82) is 0 Å². The Hall–Kier alpha value is -0.810. The van der Waals surface area contributed by atoms with Crippen molar-refractivity contribution in [2.45, 2.75) is 12.1 Å². The Labute approximate surface area is 64.0 Å². The first kappa shape index (κ1) is 6.87. The fourth-order valence-corrected chi connectivity index (χ4v) is 1.30. The monoisotopic (exact) mass is 158 g/mol. The highest BCUT2D eigenvalue weighted by Crippen LogP contribution is 2.06. The molecule has 0 aromatic heterocycles. The molecular weight excluding hydrogens is 148 g/mol. The van der Waals surface area contributed by atoms with E-state index in [2.05, 4.69) is 10.6 Å². The number of ether oxygens (including phenoxy) is 2. The number of fused-ring (bicyclic) bond motifs is 1. The first-order valence-corrected chi connectivity index (χ1v) is 3.59. The van der Waals surface area contributed by atoms with Gasteiger partial charge in [0, 0.05) is 0 Å². The van der Waals surface area contributed by atoms with Gasteiger partial charge >= 0.3 is 6.03 Å². The molecule has 0 aromatic rings. The number of carbonyl (C=O) groups is 1. The molecule has 0 unspecified atom stereocenters. The van der Waals surface area contributed by atoms with Crippen molar-refractivity contribution in [3.05, 3.63) is 0 Å². The van der Waals surface area contributed by atoms with Crippen molar-refractivity contribution < 1.29 is 14.3 Å². The third-order valence-electron chi connectivity index (χ3n) is 1.88. The van der Waals surface area contributed by atoms with Gasteiger partial charge in [0.15, 0.2) is 0 Å². The number of amides is 2. The first-order valence-electron chi connectivity index (χ1n) is 3.59. The number of rotatable bonds is 0. The predicted molar refractivity (Wildman–Crippen MR) is 36.0 cm³/mol. The van der Waals surface area contributed by atoms with Crippen LogP contribution in [0.1, 0.15) is 0 Å². The lowest BCUT2D eigenvalue weighted by Crippen LogP contribution is -2.38. The summed E-state index contributed by atoms with van der Waals surface area (Å²) in [6.07, 6.45) is 0. The molecule has 5 nitrogen and oxygen atoms in total. The van der Waals surface area contributed by atoms with Crippen LogP contribution in [0.4, 0.5) is 4.79 Å². The topological polar surface area (TPSA) is 59.6 Å². The van der Waals surface area contributed by atoms with Crippen LogP contribution in [0, 0.1) is 0 Å². The Bertz CT molecular complexity index is 157. The van der Waals surface area contributed by atoms with E-state index >= 15 is 0 Å². The number of urea groups is 1. The van der Waals surface area contributed by atoms with Crippen LogP contribution in [0.2, 0.25) is 0 Å². The van der Waals surface area contributed by atoms with Gasteiger partial charge in [0.1, 0.15) is 6.79 Å². The van der Waals surface area contributed by atoms with Gasteiger partial charge in [0.25, 0.3) is 0 Å². The molecule has 11 heavy (non-hydrogen) atoms. The Morgan fingerprint density at radius 2 is 1.73 bits per heavy atom. The minimum atomic E-state index is -0.130. The molecule has 2 aliphatic rings. The van der Waals surface area contributed by atoms with E-state index < -0.39 is 0 Å². The van der Waals surface area contributed by atoms with E-state index in [-0.39, 0.29) is 18.1 Å². The van der Waals surface area contributed by atoms with Gasteiger partial charge in [-0.2, -0.15) is 0 Å². The Kier molecular flexibility index (Phi) is 1.67. The lowest BCUT2D eigenvalue weighted by Gasteiger charge is -2.11. The molecule has 5 heteroatoms. The molecule has 0 bridgehead atoms. The molecule has 2 saturated heterocycles. The summed E-state index contributed by atoms with van der Waals surface area (Å²) in [6, 6.07) is 0.0177. The third-order valence-corrected chi connectivity index (χ3v) is 1.88. The van der Waals surface area contributed by atoms with Crippen molar-refractivity contribution >= 4 is 6.03 Å². The largest absolute Gasteiger partial charge is 0.353 e. The van der Waals surface area contributed by atoms with Gasteiger partial charge in [-0.25, -0.2) is 4.79 Å². The number of nitrogens with one attached hydrogen (secondary N) is 2. The SMILES string of the molecule is O=C1N[C@H]2COCOC[C@H]2N1. The van der Waals surface area contributed by atoms with Gasteiger partial charge in [-0.1, -0.05) is 0 Å². The van der Waals surface area contributed by atoms with E-state index in [0.29, 0.717) is 20.0 Å². The molecule has 0 spiro atoms. The van der Waals surface area contributed by atoms with Crippen LogP contribution in [-0.4, -0.2) is 38.1 Å². The van der Waals surface area contributed by atoms with E-state index in [0.717, 1.165) is 0 Å². The summed E-state index contributed by atoms with van der Waals surface area (Å²) in [6.45, 7) is 1.39. The summed E-state index contributed by atoms with van der Waals surface area (Å²) < 4.78 is 10.2. The van der Waals surface area contributed by atoms with Crippen LogP contribution in [0.5, 0.6) is 0 Å². The highest BCUT2D eigenvalue weighted by atomic mass is 16.7. The van der Waals surface area contributed by atoms with Crippen molar-refractivity contribution in [2.75, 3.05) is 20.0 Å². The molecule has 2 amide bonds. The summed E-state index contributed by atoms with van der Waals surface area (Å²) in [4.78, 5) is 10.8. The lowest BCUT2D eigenvalue weighted by molar-refractivity contribution is -0.0355. The molecule has 2 aliphatic heterocycles. The zero-order valence-electron chi connectivity index (χ0n) is 6.00. The van der Waals surface area contributed by atoms with Crippen molar-refractivity contribution in [1.82, 2.24) is 10.6 Å². The summed E-state index contributed by atoms with van der Waals surface area (Å²) in [5, 5.41) is 5.48. The smallest absolute Gasteiger partial charge is 0.315 e. The molecule has 0 aromatic carbocycles. The minimum absolute atomic E-state index is 0.0741. The molecule has 62 valence electrons. The van der Waals surface area contributed by atoms with Crippen LogP contribution < -0.4 is 10.6 Å². The maximum Gasteiger partial charge on any atom is 0.315 e. The standard InChI is InChI=1S/C6H10N2O3/c9-6-7-4-1-10-3-11-2-5(4)8-6/h4-5H,1-3H2,(H2,7,8,9)/t4-,5+. The van der Waals surface area contributed by atoms with Gasteiger partial charge in [-0.3, -0.25) is 0 Å². The second-order valence-corrected chi connectivity index (χ2v) is 2.69. The fraction of sp³-hybridized carbons (Fsp3) is 0.833. The summed E-state index contributed by atoms with van der Waals surface area (Å²) in [5.74, 6) is 0. The lowest BCUT2D eigenvalue weighted by atomic mass is 10.2. The maximum atomic E-state index is 10.8. The van der Waals surface area contributed by atoms with Crippen LogP contribution >= 0.6 is 0 Å². The van der Waals surface area contributed by atoms with Crippen molar-refractivity contribution in [3.63, 3.8) is 0 Å². The van der Waals surface area contributed by atoms with Crippen LogP contribution in [0.3, 0.4) is 0 Å². The predicted octanol–water partition coefficient (Wildman–Crippen LogP) is -0.959. The molecule has 2 fully saturated rings. The average Bonchev–Trinajstić information content (AvgIpc) is 2.17. The molecule has 2 N–H and O–H groups in total. The summed E-state index contributed by atoms with van der Waals surface area (Å²) in [5.41, 5.74) is 0. The molecule has 2 heterocycles. The molecule has 0 radical (unpaired) electrons. The van der Waals surface area contributed by atoms with E-state index in [1.807, 2.05) is 0 Å². The van der Waals surface area contributed by atoms with E-state index in [1.165, 1.54) is 0 Å². The first-order chi connectivity index (χ1) is 5.36. The quantitative estimate of drug-likeness (QED) is 0.477.